The highest BCUT2D eigenvalue weighted by Crippen LogP contribution is 2.12. The summed E-state index contributed by atoms with van der Waals surface area (Å²) in [5.74, 6) is 0. The van der Waals surface area contributed by atoms with Gasteiger partial charge in [-0.05, 0) is 13.1 Å². The van der Waals surface area contributed by atoms with Crippen LogP contribution in [-0.2, 0) is 28.0 Å². The molecule has 6 nitrogen and oxygen atoms in total. The highest BCUT2D eigenvalue weighted by molar-refractivity contribution is 7.88. The average molecular weight is 248 g/mol. The Labute approximate surface area is 79.4 Å². The van der Waals surface area contributed by atoms with Crippen molar-refractivity contribution < 1.29 is 24.6 Å². The van der Waals surface area contributed by atoms with E-state index in [9.17, 15) is 16.8 Å². The van der Waals surface area contributed by atoms with Gasteiger partial charge in [0.05, 0.1) is 12.5 Å². The number of hydrogen-bond acceptors (Lipinski definition) is 6. The number of hydrogen-bond donors (Lipinski definition) is 0. The Morgan fingerprint density at radius 2 is 1.08 bits per heavy atom. The SMILES string of the molecule is C[Si](C)(OS(C)(=O)=O)OS(C)(=O)=O. The Hall–Kier alpha value is 0.0369. The van der Waals surface area contributed by atoms with Crippen LogP contribution in [0.1, 0.15) is 0 Å². The third kappa shape index (κ3) is 8.37. The van der Waals surface area contributed by atoms with Crippen LogP contribution in [0.2, 0.25) is 13.1 Å². The minimum absolute atomic E-state index is 0.841. The summed E-state index contributed by atoms with van der Waals surface area (Å²) in [6.45, 7) is 2.66. The third-order valence-corrected chi connectivity index (χ3v) is 6.34. The van der Waals surface area contributed by atoms with Gasteiger partial charge in [-0.1, -0.05) is 0 Å². The highest BCUT2D eigenvalue weighted by Gasteiger charge is 2.33. The third-order valence-electron chi connectivity index (χ3n) is 0.704. The first-order valence-corrected chi connectivity index (χ1v) is 9.67. The molecule has 0 bridgehead atoms. The maximum absolute atomic E-state index is 10.7. The van der Waals surface area contributed by atoms with E-state index in [0.717, 1.165) is 12.5 Å². The van der Waals surface area contributed by atoms with Gasteiger partial charge in [0, 0.05) is 0 Å². The lowest BCUT2D eigenvalue weighted by Crippen LogP contribution is -2.38. The highest BCUT2D eigenvalue weighted by atomic mass is 32.2. The summed E-state index contributed by atoms with van der Waals surface area (Å²) < 4.78 is 51.7. The van der Waals surface area contributed by atoms with E-state index >= 15 is 0 Å². The molecule has 0 aliphatic rings. The molecule has 0 fully saturated rings. The van der Waals surface area contributed by atoms with Crippen LogP contribution in [0.4, 0.5) is 0 Å². The van der Waals surface area contributed by atoms with E-state index < -0.39 is 28.8 Å². The van der Waals surface area contributed by atoms with Gasteiger partial charge < -0.3 is 0 Å². The predicted octanol–water partition coefficient (Wildman–Crippen LogP) is -0.359. The van der Waals surface area contributed by atoms with Gasteiger partial charge in [0.1, 0.15) is 0 Å². The lowest BCUT2D eigenvalue weighted by atomic mass is 11.9. The zero-order valence-corrected chi connectivity index (χ0v) is 10.4. The second-order valence-corrected chi connectivity index (χ2v) is 9.92. The molecule has 0 atom stereocenters. The molecule has 0 rings (SSSR count). The first kappa shape index (κ1) is 13.0. The first-order valence-electron chi connectivity index (χ1n) is 3.22. The smallest absolute Gasteiger partial charge is 0.284 e. The molecule has 0 amide bonds. The molecule has 0 spiro atoms. The zero-order chi connectivity index (χ0) is 10.9. The molecule has 0 saturated heterocycles. The van der Waals surface area contributed by atoms with Crippen molar-refractivity contribution in [2.75, 3.05) is 12.5 Å². The largest absolute Gasteiger partial charge is 0.369 e. The van der Waals surface area contributed by atoms with Gasteiger partial charge in [0.2, 0.25) is 0 Å². The Kier molecular flexibility index (Phi) is 3.66. The van der Waals surface area contributed by atoms with Crippen LogP contribution in [0.25, 0.3) is 0 Å². The molecule has 0 aromatic heterocycles. The van der Waals surface area contributed by atoms with E-state index in [4.69, 9.17) is 0 Å². The van der Waals surface area contributed by atoms with Gasteiger partial charge in [0.25, 0.3) is 20.2 Å². The maximum Gasteiger partial charge on any atom is 0.369 e. The molecule has 0 radical (unpaired) electrons. The second kappa shape index (κ2) is 3.65. The normalized spacial score (nSPS) is 14.5. The quantitative estimate of drug-likeness (QED) is 0.631. The molecule has 0 aliphatic carbocycles. The van der Waals surface area contributed by atoms with Crippen LogP contribution in [0.5, 0.6) is 0 Å². The minimum Gasteiger partial charge on any atom is -0.284 e. The fraction of sp³-hybridized carbons (Fsp3) is 1.00. The Bertz CT molecular complexity index is 329. The molecule has 9 heteroatoms. The van der Waals surface area contributed by atoms with Crippen LogP contribution in [0.15, 0.2) is 0 Å². The van der Waals surface area contributed by atoms with Gasteiger partial charge in [-0.25, -0.2) is 16.8 Å². The van der Waals surface area contributed by atoms with E-state index in [1.54, 1.807) is 0 Å². The van der Waals surface area contributed by atoms with E-state index in [0.29, 0.717) is 0 Å². The van der Waals surface area contributed by atoms with E-state index in [-0.39, 0.29) is 0 Å². The van der Waals surface area contributed by atoms with Crippen LogP contribution in [0.3, 0.4) is 0 Å². The van der Waals surface area contributed by atoms with Crippen molar-refractivity contribution in [1.82, 2.24) is 0 Å². The maximum atomic E-state index is 10.7. The molecule has 0 saturated carbocycles. The molecular weight excluding hydrogens is 236 g/mol. The van der Waals surface area contributed by atoms with Gasteiger partial charge in [0.15, 0.2) is 0 Å². The van der Waals surface area contributed by atoms with Crippen LogP contribution in [0, 0.1) is 0 Å². The van der Waals surface area contributed by atoms with E-state index in [1.165, 1.54) is 13.1 Å². The molecule has 13 heavy (non-hydrogen) atoms. The van der Waals surface area contributed by atoms with Gasteiger partial charge in [-0.2, -0.15) is 0 Å². The molecule has 0 heterocycles. The molecule has 0 unspecified atom stereocenters. The lowest BCUT2D eigenvalue weighted by molar-refractivity contribution is 0.393. The molecule has 80 valence electrons. The van der Waals surface area contributed by atoms with Crippen molar-refractivity contribution in [2.45, 2.75) is 13.1 Å². The van der Waals surface area contributed by atoms with E-state index in [2.05, 4.69) is 7.74 Å². The summed E-state index contributed by atoms with van der Waals surface area (Å²) in [6.07, 6.45) is 1.68. The Morgan fingerprint density at radius 1 is 0.846 bits per heavy atom. The molecule has 0 aliphatic heterocycles. The lowest BCUT2D eigenvalue weighted by Gasteiger charge is -2.18. The first-order chi connectivity index (χ1) is 5.41. The second-order valence-electron chi connectivity index (χ2n) is 2.97. The van der Waals surface area contributed by atoms with Crippen molar-refractivity contribution in [3.05, 3.63) is 0 Å². The topological polar surface area (TPSA) is 86.7 Å². The number of rotatable bonds is 4. The molecule has 0 N–H and O–H groups in total. The van der Waals surface area contributed by atoms with Crippen molar-refractivity contribution >= 4 is 28.8 Å². The monoisotopic (exact) mass is 248 g/mol. The average Bonchev–Trinajstić information content (AvgIpc) is 1.43. The molecule has 0 aromatic carbocycles. The fourth-order valence-corrected chi connectivity index (χ4v) is 6.94. The zero-order valence-electron chi connectivity index (χ0n) is 7.77. The summed E-state index contributed by atoms with van der Waals surface area (Å²) in [5.41, 5.74) is 0. The summed E-state index contributed by atoms with van der Waals surface area (Å²) in [7, 11) is -10.5. The van der Waals surface area contributed by atoms with Crippen LogP contribution < -0.4 is 0 Å². The van der Waals surface area contributed by atoms with Gasteiger partial charge in [-0.3, -0.25) is 7.74 Å². The predicted molar refractivity (Wildman–Crippen MR) is 49.3 cm³/mol. The van der Waals surface area contributed by atoms with Crippen molar-refractivity contribution in [3.63, 3.8) is 0 Å². The Balaban J connectivity index is 4.62. The van der Waals surface area contributed by atoms with Crippen molar-refractivity contribution in [3.8, 4) is 0 Å². The Morgan fingerprint density at radius 3 is 1.23 bits per heavy atom. The van der Waals surface area contributed by atoms with Crippen molar-refractivity contribution in [1.29, 1.82) is 0 Å². The van der Waals surface area contributed by atoms with Crippen molar-refractivity contribution in [2.24, 2.45) is 0 Å². The minimum atomic E-state index is -3.68. The summed E-state index contributed by atoms with van der Waals surface area (Å²) >= 11 is 0. The molecule has 0 aromatic rings. The fourth-order valence-electron chi connectivity index (χ4n) is 0.743. The standard InChI is InChI=1S/C4H12O6S2Si/c1-11(5,6)9-13(3,4)10-12(2,7)8/h1-4H3. The van der Waals surface area contributed by atoms with E-state index in [1.807, 2.05) is 0 Å². The summed E-state index contributed by atoms with van der Waals surface area (Å²) in [4.78, 5) is 0. The summed E-state index contributed by atoms with van der Waals surface area (Å²) in [6, 6.07) is 0. The molecular formula is C4H12O6S2Si. The van der Waals surface area contributed by atoms with Crippen LogP contribution in [-0.4, -0.2) is 37.9 Å². The van der Waals surface area contributed by atoms with Gasteiger partial charge in [-0.15, -0.1) is 0 Å². The van der Waals surface area contributed by atoms with Gasteiger partial charge >= 0.3 is 8.56 Å². The summed E-state index contributed by atoms with van der Waals surface area (Å²) in [5, 5.41) is 0. The van der Waals surface area contributed by atoms with Crippen LogP contribution >= 0.6 is 0 Å².